The summed E-state index contributed by atoms with van der Waals surface area (Å²) in [6, 6.07) is 5.61. The molecule has 5 nitrogen and oxygen atoms in total. The van der Waals surface area contributed by atoms with Crippen LogP contribution < -0.4 is 5.32 Å². The summed E-state index contributed by atoms with van der Waals surface area (Å²) in [7, 11) is 0. The van der Waals surface area contributed by atoms with Crippen LogP contribution in [0.25, 0.3) is 0 Å². The summed E-state index contributed by atoms with van der Waals surface area (Å²) in [6.45, 7) is 6.51. The van der Waals surface area contributed by atoms with Gasteiger partial charge in [0.25, 0.3) is 0 Å². The molecular formula is C16H21N3O2S. The molecule has 0 bridgehead atoms. The summed E-state index contributed by atoms with van der Waals surface area (Å²) < 4.78 is 1.89. The van der Waals surface area contributed by atoms with Crippen molar-refractivity contribution in [2.24, 2.45) is 0 Å². The van der Waals surface area contributed by atoms with Gasteiger partial charge in [0, 0.05) is 24.6 Å². The summed E-state index contributed by atoms with van der Waals surface area (Å²) in [6.07, 6.45) is 0.469. The molecule has 6 heteroatoms. The van der Waals surface area contributed by atoms with E-state index in [1.54, 1.807) is 6.07 Å². The summed E-state index contributed by atoms with van der Waals surface area (Å²) in [5.74, 6) is -0.0738. The molecule has 118 valence electrons. The Kier molecular flexibility index (Phi) is 5.49. The summed E-state index contributed by atoms with van der Waals surface area (Å²) in [5, 5.41) is 9.16. The van der Waals surface area contributed by atoms with Gasteiger partial charge in [-0.05, 0) is 38.3 Å². The third-order valence-electron chi connectivity index (χ3n) is 3.33. The Morgan fingerprint density at radius 3 is 2.73 bits per heavy atom. The van der Waals surface area contributed by atoms with Crippen molar-refractivity contribution in [3.8, 4) is 0 Å². The minimum absolute atomic E-state index is 0.0244. The Morgan fingerprint density at radius 1 is 1.36 bits per heavy atom. The molecule has 1 N–H and O–H groups in total. The predicted octanol–water partition coefficient (Wildman–Crippen LogP) is 2.73. The van der Waals surface area contributed by atoms with Crippen molar-refractivity contribution in [1.29, 1.82) is 0 Å². The van der Waals surface area contributed by atoms with Gasteiger partial charge in [-0.25, -0.2) is 0 Å². The van der Waals surface area contributed by atoms with Crippen LogP contribution in [0.4, 0.5) is 0 Å². The maximum absolute atomic E-state index is 11.9. The molecule has 0 radical (unpaired) electrons. The van der Waals surface area contributed by atoms with Gasteiger partial charge >= 0.3 is 0 Å². The zero-order valence-electron chi connectivity index (χ0n) is 13.1. The van der Waals surface area contributed by atoms with Gasteiger partial charge in [0.2, 0.25) is 5.91 Å². The molecule has 22 heavy (non-hydrogen) atoms. The number of thiophene rings is 1. The largest absolute Gasteiger partial charge is 0.352 e. The molecule has 0 aliphatic carbocycles. The molecule has 0 saturated carbocycles. The van der Waals surface area contributed by atoms with Crippen LogP contribution in [0, 0.1) is 13.8 Å². The van der Waals surface area contributed by atoms with Gasteiger partial charge in [-0.15, -0.1) is 11.3 Å². The van der Waals surface area contributed by atoms with Crippen molar-refractivity contribution < 1.29 is 9.59 Å². The standard InChI is InChI=1S/C16H21N3O2S/c1-11-9-13(3)19(18-11)10-12(2)17-16(21)7-6-14(20)15-5-4-8-22-15/h4-5,8-9,12H,6-7,10H2,1-3H3,(H,17,21). The van der Waals surface area contributed by atoms with Gasteiger partial charge in [0.05, 0.1) is 17.1 Å². The molecule has 1 amide bonds. The van der Waals surface area contributed by atoms with Gasteiger partial charge in [-0.3, -0.25) is 14.3 Å². The normalized spacial score (nSPS) is 12.1. The summed E-state index contributed by atoms with van der Waals surface area (Å²) >= 11 is 1.41. The second-order valence-corrected chi connectivity index (χ2v) is 6.43. The Bertz CT molecular complexity index is 646. The van der Waals surface area contributed by atoms with Gasteiger partial charge in [-0.1, -0.05) is 6.07 Å². The Hall–Kier alpha value is -1.95. The van der Waals surface area contributed by atoms with E-state index >= 15 is 0 Å². The van der Waals surface area contributed by atoms with Crippen LogP contribution in [0.15, 0.2) is 23.6 Å². The number of aryl methyl sites for hydroxylation is 2. The lowest BCUT2D eigenvalue weighted by atomic mass is 10.2. The van der Waals surface area contributed by atoms with Gasteiger partial charge in [-0.2, -0.15) is 5.10 Å². The lowest BCUT2D eigenvalue weighted by molar-refractivity contribution is -0.121. The van der Waals surface area contributed by atoms with E-state index in [0.717, 1.165) is 11.4 Å². The first-order valence-corrected chi connectivity index (χ1v) is 8.21. The smallest absolute Gasteiger partial charge is 0.220 e. The molecule has 0 fully saturated rings. The molecule has 2 heterocycles. The molecule has 0 spiro atoms. The van der Waals surface area contributed by atoms with Gasteiger partial charge < -0.3 is 5.32 Å². The number of hydrogen-bond acceptors (Lipinski definition) is 4. The van der Waals surface area contributed by atoms with Crippen molar-refractivity contribution >= 4 is 23.0 Å². The highest BCUT2D eigenvalue weighted by atomic mass is 32.1. The van der Waals surface area contributed by atoms with E-state index in [9.17, 15) is 9.59 Å². The first-order valence-electron chi connectivity index (χ1n) is 7.33. The molecule has 1 unspecified atom stereocenters. The van der Waals surface area contributed by atoms with E-state index in [4.69, 9.17) is 0 Å². The predicted molar refractivity (Wildman–Crippen MR) is 87.2 cm³/mol. The number of amides is 1. The fourth-order valence-corrected chi connectivity index (χ4v) is 2.99. The van der Waals surface area contributed by atoms with Crippen LogP contribution in [-0.4, -0.2) is 27.5 Å². The van der Waals surface area contributed by atoms with E-state index in [-0.39, 0.29) is 30.6 Å². The minimum atomic E-state index is -0.0982. The highest BCUT2D eigenvalue weighted by Crippen LogP contribution is 2.12. The number of Topliss-reactive ketones (excluding diaryl/α,β-unsaturated/α-hetero) is 1. The first kappa shape index (κ1) is 16.4. The number of carbonyl (C=O) groups excluding carboxylic acids is 2. The van der Waals surface area contributed by atoms with E-state index in [1.807, 2.05) is 43.0 Å². The molecule has 1 atom stereocenters. The van der Waals surface area contributed by atoms with Crippen LogP contribution in [0.2, 0.25) is 0 Å². The molecule has 2 aromatic heterocycles. The second-order valence-electron chi connectivity index (χ2n) is 5.48. The molecule has 0 aromatic carbocycles. The number of nitrogens with one attached hydrogen (secondary N) is 1. The summed E-state index contributed by atoms with van der Waals surface area (Å²) in [4.78, 5) is 24.5. The fourth-order valence-electron chi connectivity index (χ4n) is 2.30. The molecule has 0 saturated heterocycles. The zero-order chi connectivity index (χ0) is 16.1. The average Bonchev–Trinajstić information content (AvgIpc) is 3.06. The maximum atomic E-state index is 11.9. The second kappa shape index (κ2) is 7.35. The molecule has 2 aromatic rings. The van der Waals surface area contributed by atoms with Crippen molar-refractivity contribution in [1.82, 2.24) is 15.1 Å². The van der Waals surface area contributed by atoms with Crippen molar-refractivity contribution in [2.75, 3.05) is 0 Å². The van der Waals surface area contributed by atoms with Crippen molar-refractivity contribution in [3.63, 3.8) is 0 Å². The van der Waals surface area contributed by atoms with E-state index in [2.05, 4.69) is 10.4 Å². The number of nitrogens with zero attached hydrogens (tertiary/aromatic N) is 2. The molecule has 0 aliphatic rings. The fraction of sp³-hybridized carbons (Fsp3) is 0.438. The lowest BCUT2D eigenvalue weighted by Gasteiger charge is -2.15. The average molecular weight is 319 g/mol. The molecule has 2 rings (SSSR count). The number of aromatic nitrogens is 2. The monoisotopic (exact) mass is 319 g/mol. The zero-order valence-corrected chi connectivity index (χ0v) is 13.9. The summed E-state index contributed by atoms with van der Waals surface area (Å²) in [5.41, 5.74) is 2.05. The van der Waals surface area contributed by atoms with Crippen LogP contribution in [0.3, 0.4) is 0 Å². The number of ketones is 1. The van der Waals surface area contributed by atoms with Gasteiger partial charge in [0.1, 0.15) is 0 Å². The third-order valence-corrected chi connectivity index (χ3v) is 4.24. The number of carbonyl (C=O) groups is 2. The van der Waals surface area contributed by atoms with Crippen LogP contribution in [0.1, 0.15) is 40.8 Å². The SMILES string of the molecule is Cc1cc(C)n(CC(C)NC(=O)CCC(=O)c2cccs2)n1. The Labute approximate surface area is 134 Å². The van der Waals surface area contributed by atoms with E-state index in [1.165, 1.54) is 11.3 Å². The Balaban J connectivity index is 1.77. The van der Waals surface area contributed by atoms with Crippen molar-refractivity contribution in [2.45, 2.75) is 46.2 Å². The lowest BCUT2D eigenvalue weighted by Crippen LogP contribution is -2.36. The van der Waals surface area contributed by atoms with E-state index < -0.39 is 0 Å². The first-order chi connectivity index (χ1) is 10.5. The number of rotatable bonds is 7. The highest BCUT2D eigenvalue weighted by molar-refractivity contribution is 7.12. The molecular weight excluding hydrogens is 298 g/mol. The Morgan fingerprint density at radius 2 is 2.14 bits per heavy atom. The third kappa shape index (κ3) is 4.53. The maximum Gasteiger partial charge on any atom is 0.220 e. The highest BCUT2D eigenvalue weighted by Gasteiger charge is 2.13. The quantitative estimate of drug-likeness (QED) is 0.798. The minimum Gasteiger partial charge on any atom is -0.352 e. The van der Waals surface area contributed by atoms with Crippen LogP contribution in [0.5, 0.6) is 0 Å². The van der Waals surface area contributed by atoms with Crippen LogP contribution >= 0.6 is 11.3 Å². The van der Waals surface area contributed by atoms with Crippen molar-refractivity contribution in [3.05, 3.63) is 39.8 Å². The topological polar surface area (TPSA) is 64.0 Å². The van der Waals surface area contributed by atoms with E-state index in [0.29, 0.717) is 11.4 Å². The molecule has 0 aliphatic heterocycles. The number of hydrogen-bond donors (Lipinski definition) is 1. The van der Waals surface area contributed by atoms with Crippen LogP contribution in [-0.2, 0) is 11.3 Å². The van der Waals surface area contributed by atoms with Gasteiger partial charge in [0.15, 0.2) is 5.78 Å².